The number of rotatable bonds is 4. The number of nitro groups is 1. The molecule has 22 heavy (non-hydrogen) atoms. The van der Waals surface area contributed by atoms with E-state index in [1.54, 1.807) is 35.0 Å². The second-order valence-electron chi connectivity index (χ2n) is 4.75. The number of non-ortho nitro benzene ring substituents is 1. The summed E-state index contributed by atoms with van der Waals surface area (Å²) in [6.45, 7) is 0.339. The van der Waals surface area contributed by atoms with Gasteiger partial charge in [-0.3, -0.25) is 14.8 Å². The zero-order chi connectivity index (χ0) is 15.7. The summed E-state index contributed by atoms with van der Waals surface area (Å²) in [6, 6.07) is 13.2. The minimum atomic E-state index is -1.08. The fourth-order valence-corrected chi connectivity index (χ4v) is 2.30. The Morgan fingerprint density at radius 3 is 2.50 bits per heavy atom. The first kappa shape index (κ1) is 13.7. The Morgan fingerprint density at radius 2 is 1.86 bits per heavy atom. The molecule has 3 rings (SSSR count). The number of carboxylic acid groups (broad SMARTS) is 1. The molecule has 0 aliphatic carbocycles. The van der Waals surface area contributed by atoms with E-state index in [0.717, 1.165) is 5.56 Å². The van der Waals surface area contributed by atoms with E-state index in [0.29, 0.717) is 17.4 Å². The van der Waals surface area contributed by atoms with E-state index >= 15 is 0 Å². The van der Waals surface area contributed by atoms with Crippen molar-refractivity contribution in [2.45, 2.75) is 6.54 Å². The van der Waals surface area contributed by atoms with Crippen LogP contribution in [0.15, 0.2) is 48.5 Å². The van der Waals surface area contributed by atoms with Crippen LogP contribution in [0.1, 0.15) is 16.1 Å². The maximum absolute atomic E-state index is 11.2. The first-order valence-corrected chi connectivity index (χ1v) is 6.48. The van der Waals surface area contributed by atoms with Gasteiger partial charge in [-0.2, -0.15) is 5.10 Å². The lowest BCUT2D eigenvalue weighted by molar-refractivity contribution is -0.384. The van der Waals surface area contributed by atoms with Crippen LogP contribution in [0.2, 0.25) is 0 Å². The van der Waals surface area contributed by atoms with Gasteiger partial charge in [0.2, 0.25) is 0 Å². The minimum Gasteiger partial charge on any atom is -0.476 e. The lowest BCUT2D eigenvalue weighted by Crippen LogP contribution is -2.04. The molecule has 0 amide bonds. The van der Waals surface area contributed by atoms with Crippen molar-refractivity contribution in [1.29, 1.82) is 0 Å². The number of nitro benzene ring substituents is 1. The van der Waals surface area contributed by atoms with Gasteiger partial charge in [0.05, 0.1) is 17.0 Å². The second kappa shape index (κ2) is 5.28. The number of benzene rings is 2. The second-order valence-corrected chi connectivity index (χ2v) is 4.75. The van der Waals surface area contributed by atoms with Gasteiger partial charge in [-0.15, -0.1) is 0 Å². The summed E-state index contributed by atoms with van der Waals surface area (Å²) in [7, 11) is 0. The van der Waals surface area contributed by atoms with Crippen molar-refractivity contribution in [3.05, 3.63) is 69.9 Å². The fourth-order valence-electron chi connectivity index (χ4n) is 2.30. The van der Waals surface area contributed by atoms with E-state index in [1.165, 1.54) is 12.1 Å². The average Bonchev–Trinajstić information content (AvgIpc) is 2.87. The minimum absolute atomic E-state index is 0.00230. The number of carbonyl (C=O) groups is 1. The first-order valence-electron chi connectivity index (χ1n) is 6.48. The van der Waals surface area contributed by atoms with Gasteiger partial charge in [0.25, 0.3) is 5.69 Å². The number of para-hydroxylation sites is 1. The van der Waals surface area contributed by atoms with Gasteiger partial charge < -0.3 is 5.11 Å². The van der Waals surface area contributed by atoms with E-state index in [-0.39, 0.29) is 11.4 Å². The molecule has 1 aromatic heterocycles. The summed E-state index contributed by atoms with van der Waals surface area (Å²) in [6.07, 6.45) is 0. The predicted molar refractivity (Wildman–Crippen MR) is 78.9 cm³/mol. The highest BCUT2D eigenvalue weighted by molar-refractivity contribution is 6.01. The smallest absolute Gasteiger partial charge is 0.357 e. The molecule has 0 saturated carbocycles. The molecule has 0 aliphatic rings. The largest absolute Gasteiger partial charge is 0.476 e. The van der Waals surface area contributed by atoms with Crippen LogP contribution in [0.25, 0.3) is 10.9 Å². The summed E-state index contributed by atoms with van der Waals surface area (Å²) in [5, 5.41) is 24.5. The highest BCUT2D eigenvalue weighted by atomic mass is 16.6. The van der Waals surface area contributed by atoms with Crippen LogP contribution in [-0.4, -0.2) is 25.8 Å². The van der Waals surface area contributed by atoms with Crippen molar-refractivity contribution in [2.24, 2.45) is 0 Å². The maximum atomic E-state index is 11.2. The Hall–Kier alpha value is -3.22. The number of aromatic carboxylic acids is 1. The molecule has 0 aliphatic heterocycles. The molecule has 0 spiro atoms. The molecule has 0 radical (unpaired) electrons. The molecule has 1 heterocycles. The fraction of sp³-hybridized carbons (Fsp3) is 0.0667. The molecule has 0 bridgehead atoms. The number of hydrogen-bond acceptors (Lipinski definition) is 4. The van der Waals surface area contributed by atoms with Crippen LogP contribution in [0, 0.1) is 10.1 Å². The first-order chi connectivity index (χ1) is 10.6. The molecule has 1 N–H and O–H groups in total. The van der Waals surface area contributed by atoms with E-state index in [4.69, 9.17) is 0 Å². The van der Waals surface area contributed by atoms with Crippen molar-refractivity contribution < 1.29 is 14.8 Å². The van der Waals surface area contributed by atoms with E-state index in [2.05, 4.69) is 5.10 Å². The van der Waals surface area contributed by atoms with E-state index in [1.807, 2.05) is 6.07 Å². The van der Waals surface area contributed by atoms with Gasteiger partial charge in [0.1, 0.15) is 0 Å². The van der Waals surface area contributed by atoms with Crippen LogP contribution < -0.4 is 0 Å². The molecule has 0 saturated heterocycles. The molecule has 0 unspecified atom stereocenters. The Morgan fingerprint density at radius 1 is 1.18 bits per heavy atom. The third-order valence-electron chi connectivity index (χ3n) is 3.34. The molecular weight excluding hydrogens is 286 g/mol. The molecule has 0 fully saturated rings. The predicted octanol–water partition coefficient (Wildman–Crippen LogP) is 2.69. The Bertz CT molecular complexity index is 868. The summed E-state index contributed by atoms with van der Waals surface area (Å²) in [5.41, 5.74) is 1.52. The summed E-state index contributed by atoms with van der Waals surface area (Å²) in [4.78, 5) is 21.4. The third kappa shape index (κ3) is 2.39. The molecule has 3 aromatic rings. The molecule has 2 aromatic carbocycles. The highest BCUT2D eigenvalue weighted by Crippen LogP contribution is 2.20. The normalized spacial score (nSPS) is 10.7. The van der Waals surface area contributed by atoms with Gasteiger partial charge in [-0.1, -0.05) is 30.3 Å². The Balaban J connectivity index is 2.00. The number of aromatic nitrogens is 2. The molecule has 110 valence electrons. The van der Waals surface area contributed by atoms with Crippen molar-refractivity contribution in [2.75, 3.05) is 0 Å². The van der Waals surface area contributed by atoms with Crippen molar-refractivity contribution >= 4 is 22.6 Å². The number of nitrogens with zero attached hydrogens (tertiary/aromatic N) is 3. The van der Waals surface area contributed by atoms with Crippen LogP contribution in [0.3, 0.4) is 0 Å². The quantitative estimate of drug-likeness (QED) is 0.589. The van der Waals surface area contributed by atoms with Crippen molar-refractivity contribution in [1.82, 2.24) is 9.78 Å². The zero-order valence-electron chi connectivity index (χ0n) is 11.3. The topological polar surface area (TPSA) is 98.3 Å². The molecule has 7 nitrogen and oxygen atoms in total. The number of fused-ring (bicyclic) bond motifs is 1. The van der Waals surface area contributed by atoms with Gasteiger partial charge in [0.15, 0.2) is 5.69 Å². The van der Waals surface area contributed by atoms with Gasteiger partial charge in [0, 0.05) is 17.5 Å². The summed E-state index contributed by atoms with van der Waals surface area (Å²) < 4.78 is 1.58. The standard InChI is InChI=1S/C15H11N3O4/c19-15(20)14-12-3-1-2-4-13(12)17(16-14)9-10-5-7-11(8-6-10)18(21)22/h1-8H,9H2,(H,19,20). The third-order valence-corrected chi connectivity index (χ3v) is 3.34. The number of hydrogen-bond donors (Lipinski definition) is 1. The molecule has 7 heteroatoms. The summed E-state index contributed by atoms with van der Waals surface area (Å²) >= 11 is 0. The molecular formula is C15H11N3O4. The van der Waals surface area contributed by atoms with Crippen molar-refractivity contribution in [3.63, 3.8) is 0 Å². The number of carboxylic acids is 1. The van der Waals surface area contributed by atoms with Crippen LogP contribution in [0.4, 0.5) is 5.69 Å². The zero-order valence-corrected chi connectivity index (χ0v) is 11.3. The maximum Gasteiger partial charge on any atom is 0.357 e. The van der Waals surface area contributed by atoms with Gasteiger partial charge in [-0.05, 0) is 11.6 Å². The lowest BCUT2D eigenvalue weighted by atomic mass is 10.2. The highest BCUT2D eigenvalue weighted by Gasteiger charge is 2.16. The van der Waals surface area contributed by atoms with Gasteiger partial charge >= 0.3 is 5.97 Å². The monoisotopic (exact) mass is 297 g/mol. The van der Waals surface area contributed by atoms with E-state index in [9.17, 15) is 20.0 Å². The molecule has 0 atom stereocenters. The van der Waals surface area contributed by atoms with Crippen LogP contribution in [-0.2, 0) is 6.54 Å². The van der Waals surface area contributed by atoms with Crippen LogP contribution >= 0.6 is 0 Å². The van der Waals surface area contributed by atoms with E-state index < -0.39 is 10.9 Å². The average molecular weight is 297 g/mol. The summed E-state index contributed by atoms with van der Waals surface area (Å²) in [5.74, 6) is -1.08. The van der Waals surface area contributed by atoms with Gasteiger partial charge in [-0.25, -0.2) is 4.79 Å². The lowest BCUT2D eigenvalue weighted by Gasteiger charge is -2.03. The van der Waals surface area contributed by atoms with Crippen molar-refractivity contribution in [3.8, 4) is 0 Å². The SMILES string of the molecule is O=C(O)c1nn(Cc2ccc([N+](=O)[O-])cc2)c2ccccc12. The Labute approximate surface area is 124 Å². The Kier molecular flexibility index (Phi) is 3.30. The van der Waals surface area contributed by atoms with Crippen LogP contribution in [0.5, 0.6) is 0 Å².